The summed E-state index contributed by atoms with van der Waals surface area (Å²) in [5.74, 6) is 3.45. The molecule has 4 atom stereocenters. The molecule has 0 unspecified atom stereocenters. The normalized spacial score (nSPS) is 20.8. The van der Waals surface area contributed by atoms with E-state index in [1.165, 1.54) is 0 Å². The number of anilines is 4. The summed E-state index contributed by atoms with van der Waals surface area (Å²) < 4.78 is 0. The van der Waals surface area contributed by atoms with Gasteiger partial charge in [-0.15, -0.1) is 0 Å². The molecule has 4 fully saturated rings. The lowest BCUT2D eigenvalue weighted by Crippen LogP contribution is -2.37. The van der Waals surface area contributed by atoms with Gasteiger partial charge in [0.1, 0.15) is 23.3 Å². The molecule has 6 aromatic heterocycles. The Bertz CT molecular complexity index is 2890. The molecule has 0 radical (unpaired) electrons. The molecule has 5 N–H and O–H groups in total. The van der Waals surface area contributed by atoms with E-state index in [1.807, 2.05) is 53.1 Å². The van der Waals surface area contributed by atoms with E-state index in [2.05, 4.69) is 35.9 Å². The fourth-order valence-electron chi connectivity index (χ4n) is 10.4. The van der Waals surface area contributed by atoms with Gasteiger partial charge >= 0.3 is 0 Å². The number of aromatic nitrogens is 6. The SMILES string of the molecule is CC(=O)N1CCC([C@H]2C[C@@H]2C(=O)Nc2cc3cc(-c4cnccc4C)nc(NCc4ccncc4-c4cc5cc(NC(=O)[C@@H]6C[C@H]6C6CCN(C(C)=O)CC6)ncc5c(N)n4)c3cn2)CC1. The van der Waals surface area contributed by atoms with Gasteiger partial charge in [-0.2, -0.15) is 0 Å². The van der Waals surface area contributed by atoms with Gasteiger partial charge in [0.25, 0.3) is 0 Å². The summed E-state index contributed by atoms with van der Waals surface area (Å²) in [6, 6.07) is 11.5. The van der Waals surface area contributed by atoms with Crippen LogP contribution in [0.15, 0.2) is 73.6 Å². The molecule has 66 heavy (non-hydrogen) atoms. The van der Waals surface area contributed by atoms with Crippen LogP contribution in [-0.4, -0.2) is 89.5 Å². The van der Waals surface area contributed by atoms with Crippen LogP contribution >= 0.6 is 0 Å². The fourth-order valence-corrected chi connectivity index (χ4v) is 10.4. The number of fused-ring (bicyclic) bond motifs is 2. The number of rotatable bonds is 11. The number of nitrogen functional groups attached to an aromatic ring is 1. The van der Waals surface area contributed by atoms with E-state index in [0.717, 1.165) is 109 Å². The largest absolute Gasteiger partial charge is 0.383 e. The van der Waals surface area contributed by atoms with E-state index in [9.17, 15) is 19.2 Å². The summed E-state index contributed by atoms with van der Waals surface area (Å²) in [5, 5.41) is 12.8. The molecule has 4 amide bonds. The topological polar surface area (TPSA) is 214 Å². The predicted molar refractivity (Wildman–Crippen MR) is 252 cm³/mol. The third-order valence-corrected chi connectivity index (χ3v) is 14.4. The summed E-state index contributed by atoms with van der Waals surface area (Å²) in [6.07, 6.45) is 15.9. The van der Waals surface area contributed by atoms with Crippen molar-refractivity contribution < 1.29 is 19.2 Å². The lowest BCUT2D eigenvalue weighted by molar-refractivity contribution is -0.131. The van der Waals surface area contributed by atoms with Gasteiger partial charge in [0, 0.05) is 117 Å². The maximum absolute atomic E-state index is 13.5. The van der Waals surface area contributed by atoms with E-state index in [0.29, 0.717) is 64.6 Å². The van der Waals surface area contributed by atoms with Crippen LogP contribution < -0.4 is 21.7 Å². The van der Waals surface area contributed by atoms with E-state index >= 15 is 0 Å². The molecule has 2 aliphatic heterocycles. The number of amides is 4. The zero-order valence-electron chi connectivity index (χ0n) is 37.5. The number of nitrogens with one attached hydrogen (secondary N) is 3. The van der Waals surface area contributed by atoms with Crippen molar-refractivity contribution in [1.29, 1.82) is 0 Å². The molecular weight excluding hydrogens is 833 g/mol. The van der Waals surface area contributed by atoms with Crippen LogP contribution in [0.4, 0.5) is 23.3 Å². The van der Waals surface area contributed by atoms with Crippen LogP contribution in [0.5, 0.6) is 0 Å². The van der Waals surface area contributed by atoms with E-state index in [4.69, 9.17) is 15.7 Å². The first-order valence-corrected chi connectivity index (χ1v) is 23.1. The number of piperidine rings is 2. The van der Waals surface area contributed by atoms with Crippen molar-refractivity contribution in [3.8, 4) is 22.5 Å². The Hall–Kier alpha value is -7.10. The number of hydrogen-bond donors (Lipinski definition) is 4. The smallest absolute Gasteiger partial charge is 0.228 e. The highest BCUT2D eigenvalue weighted by Crippen LogP contribution is 2.49. The second-order valence-electron chi connectivity index (χ2n) is 18.6. The Morgan fingerprint density at radius 2 is 1.18 bits per heavy atom. The third kappa shape index (κ3) is 8.83. The molecule has 2 saturated heterocycles. The second-order valence-corrected chi connectivity index (χ2v) is 18.6. The number of nitrogens with two attached hydrogens (primary N) is 1. The molecule has 8 heterocycles. The molecule has 10 rings (SSSR count). The van der Waals surface area contributed by atoms with Gasteiger partial charge < -0.3 is 31.5 Å². The maximum atomic E-state index is 13.5. The minimum absolute atomic E-state index is 0.0201. The van der Waals surface area contributed by atoms with Crippen LogP contribution in [-0.2, 0) is 25.7 Å². The molecular formula is C50H54N12O4. The second kappa shape index (κ2) is 17.7. The van der Waals surface area contributed by atoms with Crippen molar-refractivity contribution in [2.24, 2.45) is 35.5 Å². The summed E-state index contributed by atoms with van der Waals surface area (Å²) in [4.78, 5) is 82.2. The van der Waals surface area contributed by atoms with Crippen molar-refractivity contribution in [3.05, 3.63) is 84.7 Å². The van der Waals surface area contributed by atoms with E-state index in [1.54, 1.807) is 51.0 Å². The van der Waals surface area contributed by atoms with E-state index < -0.39 is 0 Å². The molecule has 2 aliphatic carbocycles. The minimum Gasteiger partial charge on any atom is -0.383 e. The molecule has 0 aromatic carbocycles. The van der Waals surface area contributed by atoms with Crippen molar-refractivity contribution in [3.63, 3.8) is 0 Å². The van der Waals surface area contributed by atoms with Crippen molar-refractivity contribution in [2.45, 2.75) is 65.8 Å². The summed E-state index contributed by atoms with van der Waals surface area (Å²) in [7, 11) is 0. The number of carbonyl (C=O) groups excluding carboxylic acids is 4. The Morgan fingerprint density at radius 1 is 0.667 bits per heavy atom. The monoisotopic (exact) mass is 886 g/mol. The number of carbonyl (C=O) groups is 4. The molecule has 16 heteroatoms. The summed E-state index contributed by atoms with van der Waals surface area (Å²) >= 11 is 0. The quantitative estimate of drug-likeness (QED) is 0.105. The average Bonchev–Trinajstić information content (AvgIpc) is 4.27. The van der Waals surface area contributed by atoms with Gasteiger partial charge in [-0.1, -0.05) is 0 Å². The van der Waals surface area contributed by atoms with Gasteiger partial charge in [-0.05, 0) is 127 Å². The molecule has 0 bridgehead atoms. The Kier molecular flexibility index (Phi) is 11.5. The molecule has 2 saturated carbocycles. The lowest BCUT2D eigenvalue weighted by atomic mass is 9.91. The number of likely N-dealkylation sites (tertiary alicyclic amines) is 2. The standard InChI is InChI=1S/C50H54N12O4/c1-27-4-10-52-23-39(27)43-17-34-19-46(60-50(66)38-21-36(38)31-8-14-62(15-9-31)29(3)64)55-26-42(34)48(58-43)56-22-32-5-11-53-24-40(32)44-16-33-18-45(54-25-41(33)47(51)57-44)59-49(65)37-20-35(37)30-6-12-61(13-7-30)28(2)63/h4-5,10-11,16-19,23-26,30-31,35-38H,6-9,12-15,20-22H2,1-3H3,(H2,51,57)(H,56,58)(H,54,59,65)(H,55,60,66)/t35-,36+,37+,38-/m0/s1. The Morgan fingerprint density at radius 3 is 1.74 bits per heavy atom. The van der Waals surface area contributed by atoms with Crippen LogP contribution in [0.1, 0.15) is 63.5 Å². The first kappa shape index (κ1) is 42.8. The first-order chi connectivity index (χ1) is 32.0. The fraction of sp³-hybridized carbons (Fsp3) is 0.400. The average molecular weight is 887 g/mol. The molecule has 0 spiro atoms. The zero-order chi connectivity index (χ0) is 45.6. The van der Waals surface area contributed by atoms with Crippen LogP contribution in [0.2, 0.25) is 0 Å². The van der Waals surface area contributed by atoms with Crippen LogP contribution in [0, 0.1) is 42.4 Å². The Balaban J connectivity index is 0.860. The highest BCUT2D eigenvalue weighted by molar-refractivity contribution is 6.00. The summed E-state index contributed by atoms with van der Waals surface area (Å²) in [5.41, 5.74) is 11.5. The van der Waals surface area contributed by atoms with Crippen molar-refractivity contribution in [1.82, 2.24) is 39.7 Å². The number of aryl methyl sites for hydroxylation is 1. The molecule has 6 aromatic rings. The number of hydrogen-bond acceptors (Lipinski definition) is 12. The molecule has 338 valence electrons. The highest BCUT2D eigenvalue weighted by Gasteiger charge is 2.49. The van der Waals surface area contributed by atoms with E-state index in [-0.39, 0.29) is 35.5 Å². The molecule has 4 aliphatic rings. The van der Waals surface area contributed by atoms with Gasteiger partial charge in [0.15, 0.2) is 0 Å². The van der Waals surface area contributed by atoms with Crippen LogP contribution in [0.25, 0.3) is 44.1 Å². The minimum atomic E-state index is -0.0605. The van der Waals surface area contributed by atoms with Gasteiger partial charge in [-0.3, -0.25) is 29.1 Å². The number of pyridine rings is 6. The van der Waals surface area contributed by atoms with Crippen molar-refractivity contribution in [2.75, 3.05) is 47.9 Å². The Labute approximate surface area is 382 Å². The maximum Gasteiger partial charge on any atom is 0.228 e. The number of nitrogens with zero attached hydrogens (tertiary/aromatic N) is 8. The van der Waals surface area contributed by atoms with Gasteiger partial charge in [0.05, 0.1) is 11.4 Å². The third-order valence-electron chi connectivity index (χ3n) is 14.4. The molecule has 16 nitrogen and oxygen atoms in total. The predicted octanol–water partition coefficient (Wildman–Crippen LogP) is 6.87. The van der Waals surface area contributed by atoms with Crippen molar-refractivity contribution >= 4 is 68.4 Å². The lowest BCUT2D eigenvalue weighted by Gasteiger charge is -2.31. The highest BCUT2D eigenvalue weighted by atomic mass is 16.2. The van der Waals surface area contributed by atoms with Gasteiger partial charge in [-0.25, -0.2) is 19.9 Å². The van der Waals surface area contributed by atoms with Crippen LogP contribution in [0.3, 0.4) is 0 Å². The zero-order valence-corrected chi connectivity index (χ0v) is 37.5. The van der Waals surface area contributed by atoms with Gasteiger partial charge in [0.2, 0.25) is 23.6 Å². The first-order valence-electron chi connectivity index (χ1n) is 23.1. The summed E-state index contributed by atoms with van der Waals surface area (Å²) in [6.45, 7) is 8.63.